The van der Waals surface area contributed by atoms with Gasteiger partial charge in [-0.3, -0.25) is 0 Å². The van der Waals surface area contributed by atoms with Gasteiger partial charge in [0.05, 0.1) is 0 Å². The fourth-order valence-corrected chi connectivity index (χ4v) is 1.95. The molecule has 25 heavy (non-hydrogen) atoms. The summed E-state index contributed by atoms with van der Waals surface area (Å²) in [5, 5.41) is 0. The lowest BCUT2D eigenvalue weighted by Gasteiger charge is -1.90. The fourth-order valence-electron chi connectivity index (χ4n) is 1.95. The van der Waals surface area contributed by atoms with Gasteiger partial charge in [0.25, 0.3) is 0 Å². The summed E-state index contributed by atoms with van der Waals surface area (Å²) in [6, 6.07) is 24.0. The molecule has 0 N–H and O–H groups in total. The predicted octanol–water partition coefficient (Wildman–Crippen LogP) is 8.94. The van der Waals surface area contributed by atoms with E-state index in [2.05, 4.69) is 27.7 Å². The van der Waals surface area contributed by atoms with Crippen molar-refractivity contribution in [2.24, 2.45) is 0 Å². The van der Waals surface area contributed by atoms with E-state index < -0.39 is 0 Å². The molecular weight excluding hydrogens is 300 g/mol. The Hall–Kier alpha value is -1.56. The molecular formula is C25H42. The fraction of sp³-hybridized carbons (Fsp3) is 0.520. The van der Waals surface area contributed by atoms with Crippen LogP contribution in [0, 0.1) is 0 Å². The third kappa shape index (κ3) is 30.8. The van der Waals surface area contributed by atoms with Crippen LogP contribution in [0.25, 0.3) is 0 Å². The molecule has 2 aromatic rings. The van der Waals surface area contributed by atoms with Crippen LogP contribution in [0.5, 0.6) is 0 Å². The van der Waals surface area contributed by atoms with Gasteiger partial charge in [-0.1, -0.05) is 158 Å². The normalized spacial score (nSPS) is 8.64. The molecule has 2 aromatic carbocycles. The molecule has 0 bridgehead atoms. The molecule has 0 aliphatic rings. The van der Waals surface area contributed by atoms with E-state index in [1.807, 2.05) is 72.8 Å². The maximum atomic E-state index is 2.25. The Bertz CT molecular complexity index is 286. The lowest BCUT2D eigenvalue weighted by Crippen LogP contribution is -1.70. The molecule has 0 amide bonds. The largest absolute Gasteiger partial charge is 0.0654 e. The van der Waals surface area contributed by atoms with Crippen molar-refractivity contribution >= 4 is 0 Å². The summed E-state index contributed by atoms with van der Waals surface area (Å²) in [5.74, 6) is 0. The Kier molecular flexibility index (Phi) is 28.0. The maximum absolute atomic E-state index is 2.25. The zero-order valence-electron chi connectivity index (χ0n) is 17.3. The smallest absolute Gasteiger partial charge is 0.0533 e. The summed E-state index contributed by atoms with van der Waals surface area (Å²) in [4.78, 5) is 0. The van der Waals surface area contributed by atoms with Crippen LogP contribution in [-0.2, 0) is 0 Å². The number of unbranched alkanes of at least 4 members (excludes halogenated alkanes) is 7. The molecule has 2 rings (SSSR count). The first-order valence-electron chi connectivity index (χ1n) is 10.3. The van der Waals surface area contributed by atoms with Gasteiger partial charge < -0.3 is 0 Å². The van der Waals surface area contributed by atoms with E-state index >= 15 is 0 Å². The Morgan fingerprint density at radius 3 is 0.600 bits per heavy atom. The van der Waals surface area contributed by atoms with Gasteiger partial charge in [0.2, 0.25) is 0 Å². The van der Waals surface area contributed by atoms with Crippen LogP contribution >= 0.6 is 0 Å². The van der Waals surface area contributed by atoms with Crippen molar-refractivity contribution in [1.82, 2.24) is 0 Å². The SMILES string of the molecule is CCCCCC.CCCCCCC.c1ccccc1.c1ccccc1. The van der Waals surface area contributed by atoms with Crippen LogP contribution < -0.4 is 0 Å². The summed E-state index contributed by atoms with van der Waals surface area (Å²) < 4.78 is 0. The van der Waals surface area contributed by atoms with Crippen LogP contribution in [0.2, 0.25) is 0 Å². The first kappa shape index (κ1) is 25.7. The van der Waals surface area contributed by atoms with E-state index in [9.17, 15) is 0 Å². The second-order valence-electron chi connectivity index (χ2n) is 6.08. The average molecular weight is 343 g/mol. The molecule has 0 unspecified atom stereocenters. The minimum Gasteiger partial charge on any atom is -0.0654 e. The van der Waals surface area contributed by atoms with Crippen molar-refractivity contribution in [3.63, 3.8) is 0 Å². The molecule has 0 aromatic heterocycles. The molecule has 0 fully saturated rings. The lowest BCUT2D eigenvalue weighted by molar-refractivity contribution is 0.656. The second-order valence-corrected chi connectivity index (χ2v) is 6.08. The Morgan fingerprint density at radius 2 is 0.440 bits per heavy atom. The summed E-state index contributed by atoms with van der Waals surface area (Å²) in [5.41, 5.74) is 0. The van der Waals surface area contributed by atoms with Gasteiger partial charge in [0.15, 0.2) is 0 Å². The molecule has 0 nitrogen and oxygen atoms in total. The minimum absolute atomic E-state index is 1.36. The van der Waals surface area contributed by atoms with Gasteiger partial charge in [0, 0.05) is 0 Å². The summed E-state index contributed by atoms with van der Waals surface area (Å²) >= 11 is 0. The van der Waals surface area contributed by atoms with E-state index in [1.165, 1.54) is 57.8 Å². The van der Waals surface area contributed by atoms with E-state index in [1.54, 1.807) is 0 Å². The van der Waals surface area contributed by atoms with Gasteiger partial charge in [-0.2, -0.15) is 0 Å². The van der Waals surface area contributed by atoms with E-state index in [0.717, 1.165) is 0 Å². The molecule has 0 saturated carbocycles. The highest BCUT2D eigenvalue weighted by Crippen LogP contribution is 2.00. The maximum Gasteiger partial charge on any atom is -0.0533 e. The molecule has 0 atom stereocenters. The van der Waals surface area contributed by atoms with Gasteiger partial charge in [-0.15, -0.1) is 0 Å². The Balaban J connectivity index is 0. The van der Waals surface area contributed by atoms with Crippen LogP contribution in [0.15, 0.2) is 72.8 Å². The highest BCUT2D eigenvalue weighted by molar-refractivity contribution is 4.99. The van der Waals surface area contributed by atoms with Gasteiger partial charge in [-0.05, 0) is 0 Å². The highest BCUT2D eigenvalue weighted by Gasteiger charge is 1.80. The zero-order chi connectivity index (χ0) is 18.8. The van der Waals surface area contributed by atoms with E-state index in [4.69, 9.17) is 0 Å². The van der Waals surface area contributed by atoms with Crippen LogP contribution in [0.1, 0.15) is 85.5 Å². The van der Waals surface area contributed by atoms with E-state index in [-0.39, 0.29) is 0 Å². The third-order valence-corrected chi connectivity index (χ3v) is 3.50. The Labute approximate surface area is 158 Å². The first-order chi connectivity index (χ1) is 12.3. The number of hydrogen-bond donors (Lipinski definition) is 0. The van der Waals surface area contributed by atoms with Crippen molar-refractivity contribution < 1.29 is 0 Å². The molecule has 0 aliphatic heterocycles. The minimum atomic E-state index is 1.36. The molecule has 0 radical (unpaired) electrons. The lowest BCUT2D eigenvalue weighted by atomic mass is 10.2. The molecule has 0 saturated heterocycles. The predicted molar refractivity (Wildman–Crippen MR) is 117 cm³/mol. The zero-order valence-corrected chi connectivity index (χ0v) is 17.3. The second kappa shape index (κ2) is 27.3. The number of hydrogen-bond acceptors (Lipinski definition) is 0. The summed E-state index contributed by atoms with van der Waals surface area (Å²) in [6.07, 6.45) is 12.5. The van der Waals surface area contributed by atoms with Crippen LogP contribution in [0.3, 0.4) is 0 Å². The van der Waals surface area contributed by atoms with Crippen molar-refractivity contribution in [3.05, 3.63) is 72.8 Å². The monoisotopic (exact) mass is 342 g/mol. The van der Waals surface area contributed by atoms with Crippen molar-refractivity contribution in [1.29, 1.82) is 0 Å². The molecule has 142 valence electrons. The number of rotatable bonds is 7. The Morgan fingerprint density at radius 1 is 0.280 bits per heavy atom. The topological polar surface area (TPSA) is 0 Å². The van der Waals surface area contributed by atoms with Crippen molar-refractivity contribution in [2.45, 2.75) is 85.5 Å². The molecule has 0 aliphatic carbocycles. The van der Waals surface area contributed by atoms with Crippen molar-refractivity contribution in [2.75, 3.05) is 0 Å². The van der Waals surface area contributed by atoms with Crippen LogP contribution in [-0.4, -0.2) is 0 Å². The number of benzene rings is 2. The van der Waals surface area contributed by atoms with Crippen LogP contribution in [0.4, 0.5) is 0 Å². The van der Waals surface area contributed by atoms with E-state index in [0.29, 0.717) is 0 Å². The standard InChI is InChI=1S/C7H16.2C6H6.C6H14/c1-3-5-7-6-4-2;2*1-2-4-6-5-3-1;1-3-5-6-4-2/h3-7H2,1-2H3;2*1-6H;3-6H2,1-2H3. The third-order valence-electron chi connectivity index (χ3n) is 3.50. The van der Waals surface area contributed by atoms with Crippen molar-refractivity contribution in [3.8, 4) is 0 Å². The molecule has 0 spiro atoms. The van der Waals surface area contributed by atoms with Gasteiger partial charge >= 0.3 is 0 Å². The average Bonchev–Trinajstić information content (AvgIpc) is 2.71. The van der Waals surface area contributed by atoms with Gasteiger partial charge in [0.1, 0.15) is 0 Å². The summed E-state index contributed by atoms with van der Waals surface area (Å²) in [6.45, 7) is 8.95. The van der Waals surface area contributed by atoms with Gasteiger partial charge in [-0.25, -0.2) is 0 Å². The quantitative estimate of drug-likeness (QED) is 0.440. The molecule has 0 heterocycles. The first-order valence-corrected chi connectivity index (χ1v) is 10.3. The summed E-state index contributed by atoms with van der Waals surface area (Å²) in [7, 11) is 0. The highest BCUT2D eigenvalue weighted by atomic mass is 13.9. The molecule has 0 heteroatoms.